The summed E-state index contributed by atoms with van der Waals surface area (Å²) in [5.41, 5.74) is 2.50. The van der Waals surface area contributed by atoms with Crippen LogP contribution in [0.2, 0.25) is 0 Å². The summed E-state index contributed by atoms with van der Waals surface area (Å²) in [5, 5.41) is 12.5. The van der Waals surface area contributed by atoms with E-state index in [0.717, 1.165) is 18.5 Å². The van der Waals surface area contributed by atoms with Crippen molar-refractivity contribution in [3.05, 3.63) is 57.8 Å². The van der Waals surface area contributed by atoms with E-state index in [2.05, 4.69) is 23.3 Å². The number of thiophene rings is 1. The Morgan fingerprint density at radius 3 is 2.89 bits per heavy atom. The Bertz CT molecular complexity index is 537. The lowest BCUT2D eigenvalue weighted by Crippen LogP contribution is -2.36. The molecular weight excluding hydrogens is 254 g/mol. The minimum atomic E-state index is -0.398. The maximum absolute atomic E-state index is 10.4. The van der Waals surface area contributed by atoms with Gasteiger partial charge in [0.1, 0.15) is 0 Å². The Morgan fingerprint density at radius 2 is 2.11 bits per heavy atom. The van der Waals surface area contributed by atoms with Crippen LogP contribution in [-0.4, -0.2) is 23.1 Å². The van der Waals surface area contributed by atoms with E-state index >= 15 is 0 Å². The molecule has 1 aromatic carbocycles. The number of aliphatic hydroxyl groups is 1. The fraction of sp³-hybridized carbons (Fsp3) is 0.375. The monoisotopic (exact) mass is 273 g/mol. The lowest BCUT2D eigenvalue weighted by Gasteiger charge is -2.34. The summed E-state index contributed by atoms with van der Waals surface area (Å²) in [7, 11) is 0. The van der Waals surface area contributed by atoms with Gasteiger partial charge >= 0.3 is 0 Å². The van der Waals surface area contributed by atoms with Crippen LogP contribution in [-0.2, 0) is 6.42 Å². The number of rotatable bonds is 3. The van der Waals surface area contributed by atoms with Crippen molar-refractivity contribution in [2.45, 2.75) is 25.5 Å². The van der Waals surface area contributed by atoms with Crippen LogP contribution in [0.15, 0.2) is 41.8 Å². The molecule has 0 bridgehead atoms. The molecule has 0 spiro atoms. The molecule has 1 aromatic heterocycles. The fourth-order valence-electron chi connectivity index (χ4n) is 2.80. The van der Waals surface area contributed by atoms with Crippen molar-refractivity contribution in [3.8, 4) is 0 Å². The highest BCUT2D eigenvalue weighted by atomic mass is 32.1. The van der Waals surface area contributed by atoms with Crippen LogP contribution < -0.4 is 0 Å². The summed E-state index contributed by atoms with van der Waals surface area (Å²) in [4.78, 5) is 3.85. The van der Waals surface area contributed by atoms with Gasteiger partial charge in [0.05, 0.1) is 6.10 Å². The van der Waals surface area contributed by atoms with Crippen LogP contribution in [0.25, 0.3) is 0 Å². The minimum Gasteiger partial charge on any atom is -0.387 e. The molecule has 2 heterocycles. The quantitative estimate of drug-likeness (QED) is 0.926. The van der Waals surface area contributed by atoms with Crippen molar-refractivity contribution in [2.24, 2.45) is 0 Å². The third-order valence-corrected chi connectivity index (χ3v) is 5.10. The highest BCUT2D eigenvalue weighted by Crippen LogP contribution is 2.34. The number of aliphatic hydroxyl groups excluding tert-OH is 1. The Kier molecular flexibility index (Phi) is 3.69. The minimum absolute atomic E-state index is 0.398. The van der Waals surface area contributed by atoms with Crippen LogP contribution in [0.5, 0.6) is 0 Å². The van der Waals surface area contributed by atoms with Crippen molar-refractivity contribution in [2.75, 3.05) is 13.1 Å². The molecule has 0 aliphatic carbocycles. The summed E-state index contributed by atoms with van der Waals surface area (Å²) in [6, 6.07) is 12.6. The van der Waals surface area contributed by atoms with Crippen molar-refractivity contribution in [1.29, 1.82) is 0 Å². The lowest BCUT2D eigenvalue weighted by atomic mass is 10.0. The SMILES string of the molecule is CC1c2sccc2CCN1CC(O)c1ccccc1. The van der Waals surface area contributed by atoms with Gasteiger partial charge in [-0.05, 0) is 35.9 Å². The first-order chi connectivity index (χ1) is 9.25. The van der Waals surface area contributed by atoms with Crippen molar-refractivity contribution in [1.82, 2.24) is 4.90 Å². The van der Waals surface area contributed by atoms with Gasteiger partial charge in [-0.15, -0.1) is 11.3 Å². The summed E-state index contributed by atoms with van der Waals surface area (Å²) in [5.74, 6) is 0. The standard InChI is InChI=1S/C16H19NOS/c1-12-16-14(8-10-19-16)7-9-17(12)11-15(18)13-5-3-2-4-6-13/h2-6,8,10,12,15,18H,7,9,11H2,1H3. The van der Waals surface area contributed by atoms with Gasteiger partial charge in [-0.1, -0.05) is 30.3 Å². The molecule has 0 fully saturated rings. The van der Waals surface area contributed by atoms with Crippen LogP contribution >= 0.6 is 11.3 Å². The summed E-state index contributed by atoms with van der Waals surface area (Å²) in [6.07, 6.45) is 0.704. The molecule has 3 heteroatoms. The number of benzene rings is 1. The summed E-state index contributed by atoms with van der Waals surface area (Å²) >= 11 is 1.84. The molecule has 1 N–H and O–H groups in total. The molecule has 2 aromatic rings. The van der Waals surface area contributed by atoms with Crippen LogP contribution in [0.3, 0.4) is 0 Å². The van der Waals surface area contributed by atoms with E-state index in [-0.39, 0.29) is 0 Å². The number of nitrogens with zero attached hydrogens (tertiary/aromatic N) is 1. The van der Waals surface area contributed by atoms with Gasteiger partial charge in [0.2, 0.25) is 0 Å². The molecular formula is C16H19NOS. The zero-order valence-corrected chi connectivity index (χ0v) is 11.9. The summed E-state index contributed by atoms with van der Waals surface area (Å²) in [6.45, 7) is 3.99. The molecule has 0 saturated carbocycles. The first-order valence-electron chi connectivity index (χ1n) is 6.79. The Labute approximate surface area is 118 Å². The van der Waals surface area contributed by atoms with Crippen molar-refractivity contribution >= 4 is 11.3 Å². The molecule has 19 heavy (non-hydrogen) atoms. The van der Waals surface area contributed by atoms with Crippen LogP contribution in [0.4, 0.5) is 0 Å². The van der Waals surface area contributed by atoms with Gasteiger partial charge in [0.25, 0.3) is 0 Å². The zero-order chi connectivity index (χ0) is 13.2. The summed E-state index contributed by atoms with van der Waals surface area (Å²) < 4.78 is 0. The van der Waals surface area contributed by atoms with E-state index in [1.807, 2.05) is 41.7 Å². The topological polar surface area (TPSA) is 23.5 Å². The molecule has 2 atom stereocenters. The van der Waals surface area contributed by atoms with Gasteiger partial charge < -0.3 is 5.11 Å². The molecule has 100 valence electrons. The van der Waals surface area contributed by atoms with Crippen LogP contribution in [0.1, 0.15) is 35.1 Å². The number of β-amino-alcohol motifs (C(OH)–C–C–N with tert-alkyl or cyclic N) is 1. The van der Waals surface area contributed by atoms with E-state index in [9.17, 15) is 5.11 Å². The molecule has 3 rings (SSSR count). The normalized spacial score (nSPS) is 21.1. The van der Waals surface area contributed by atoms with E-state index in [4.69, 9.17) is 0 Å². The van der Waals surface area contributed by atoms with Gasteiger partial charge in [-0.3, -0.25) is 4.90 Å². The fourth-order valence-corrected chi connectivity index (χ4v) is 3.84. The van der Waals surface area contributed by atoms with Gasteiger partial charge in [-0.2, -0.15) is 0 Å². The van der Waals surface area contributed by atoms with Crippen LogP contribution in [0, 0.1) is 0 Å². The zero-order valence-electron chi connectivity index (χ0n) is 11.1. The Balaban J connectivity index is 1.71. The van der Waals surface area contributed by atoms with E-state index in [0.29, 0.717) is 12.6 Å². The first kappa shape index (κ1) is 12.9. The predicted molar refractivity (Wildman–Crippen MR) is 79.4 cm³/mol. The molecule has 2 unspecified atom stereocenters. The average molecular weight is 273 g/mol. The third-order valence-electron chi connectivity index (χ3n) is 3.97. The van der Waals surface area contributed by atoms with Crippen molar-refractivity contribution < 1.29 is 5.11 Å². The predicted octanol–water partition coefficient (Wildman–Crippen LogP) is 3.40. The second-order valence-electron chi connectivity index (χ2n) is 5.16. The van der Waals surface area contributed by atoms with Crippen molar-refractivity contribution in [3.63, 3.8) is 0 Å². The maximum atomic E-state index is 10.4. The van der Waals surface area contributed by atoms with E-state index < -0.39 is 6.10 Å². The Morgan fingerprint density at radius 1 is 1.32 bits per heavy atom. The average Bonchev–Trinajstić information content (AvgIpc) is 2.92. The number of hydrogen-bond acceptors (Lipinski definition) is 3. The molecule has 0 radical (unpaired) electrons. The van der Waals surface area contributed by atoms with E-state index in [1.165, 1.54) is 10.4 Å². The second kappa shape index (κ2) is 5.45. The van der Waals surface area contributed by atoms with Gasteiger partial charge in [0.15, 0.2) is 0 Å². The number of fused-ring (bicyclic) bond motifs is 1. The molecule has 2 nitrogen and oxygen atoms in total. The maximum Gasteiger partial charge on any atom is 0.0917 e. The molecule has 1 aliphatic heterocycles. The van der Waals surface area contributed by atoms with Gasteiger partial charge in [0, 0.05) is 24.0 Å². The largest absolute Gasteiger partial charge is 0.387 e. The molecule has 1 aliphatic rings. The smallest absolute Gasteiger partial charge is 0.0917 e. The highest BCUT2D eigenvalue weighted by Gasteiger charge is 2.26. The van der Waals surface area contributed by atoms with E-state index in [1.54, 1.807) is 0 Å². The molecule has 0 amide bonds. The lowest BCUT2D eigenvalue weighted by molar-refractivity contribution is 0.0878. The third kappa shape index (κ3) is 2.59. The number of hydrogen-bond donors (Lipinski definition) is 1. The molecule has 0 saturated heterocycles. The Hall–Kier alpha value is -1.16. The highest BCUT2D eigenvalue weighted by molar-refractivity contribution is 7.10. The first-order valence-corrected chi connectivity index (χ1v) is 7.67. The van der Waals surface area contributed by atoms with Gasteiger partial charge in [-0.25, -0.2) is 0 Å². The second-order valence-corrected chi connectivity index (χ2v) is 6.11.